The van der Waals surface area contributed by atoms with Gasteiger partial charge in [-0.25, -0.2) is 4.79 Å². The van der Waals surface area contributed by atoms with Gasteiger partial charge in [0.2, 0.25) is 0 Å². The molecule has 0 radical (unpaired) electrons. The van der Waals surface area contributed by atoms with Gasteiger partial charge in [-0.05, 0) is 19.3 Å². The van der Waals surface area contributed by atoms with E-state index < -0.39 is 5.97 Å². The number of rotatable bonds is 7. The SMILES string of the molecule is O=C(O)CCCCCNC(=O)NC1CCOC1. The molecule has 0 aromatic carbocycles. The first-order valence-electron chi connectivity index (χ1n) is 6.02. The number of unbranched alkanes of at least 4 members (excludes halogenated alkanes) is 2. The zero-order chi connectivity index (χ0) is 12.5. The first-order chi connectivity index (χ1) is 8.18. The van der Waals surface area contributed by atoms with Crippen LogP contribution in [0.2, 0.25) is 0 Å². The predicted octanol–water partition coefficient (Wildman–Crippen LogP) is 0.719. The van der Waals surface area contributed by atoms with Gasteiger partial charge in [0, 0.05) is 19.6 Å². The van der Waals surface area contributed by atoms with Crippen LogP contribution in [0.5, 0.6) is 0 Å². The third-order valence-electron chi connectivity index (χ3n) is 2.62. The molecule has 0 spiro atoms. The van der Waals surface area contributed by atoms with E-state index >= 15 is 0 Å². The lowest BCUT2D eigenvalue weighted by molar-refractivity contribution is -0.137. The van der Waals surface area contributed by atoms with Crippen molar-refractivity contribution in [2.75, 3.05) is 19.8 Å². The first-order valence-corrected chi connectivity index (χ1v) is 6.02. The molecule has 6 heteroatoms. The fraction of sp³-hybridized carbons (Fsp3) is 0.818. The van der Waals surface area contributed by atoms with Crippen molar-refractivity contribution in [3.63, 3.8) is 0 Å². The second-order valence-corrected chi connectivity index (χ2v) is 4.17. The van der Waals surface area contributed by atoms with Gasteiger partial charge in [-0.15, -0.1) is 0 Å². The fourth-order valence-corrected chi connectivity index (χ4v) is 1.66. The summed E-state index contributed by atoms with van der Waals surface area (Å²) < 4.78 is 5.14. The molecule has 0 aromatic rings. The Morgan fingerprint density at radius 1 is 1.29 bits per heavy atom. The van der Waals surface area contributed by atoms with Gasteiger partial charge in [0.15, 0.2) is 0 Å². The number of carbonyl (C=O) groups is 2. The van der Waals surface area contributed by atoms with Crippen LogP contribution in [-0.4, -0.2) is 42.9 Å². The minimum Gasteiger partial charge on any atom is -0.481 e. The molecule has 1 fully saturated rings. The van der Waals surface area contributed by atoms with Crippen LogP contribution in [0.25, 0.3) is 0 Å². The Labute approximate surface area is 101 Å². The van der Waals surface area contributed by atoms with Crippen molar-refractivity contribution < 1.29 is 19.4 Å². The van der Waals surface area contributed by atoms with E-state index in [-0.39, 0.29) is 18.5 Å². The number of ether oxygens (including phenoxy) is 1. The average Bonchev–Trinajstić information content (AvgIpc) is 2.75. The van der Waals surface area contributed by atoms with Gasteiger partial charge in [-0.3, -0.25) is 4.79 Å². The second-order valence-electron chi connectivity index (χ2n) is 4.17. The van der Waals surface area contributed by atoms with Gasteiger partial charge in [-0.2, -0.15) is 0 Å². The van der Waals surface area contributed by atoms with Crippen LogP contribution in [0.4, 0.5) is 4.79 Å². The number of carbonyl (C=O) groups excluding carboxylic acids is 1. The van der Waals surface area contributed by atoms with Crippen molar-refractivity contribution in [3.8, 4) is 0 Å². The maximum Gasteiger partial charge on any atom is 0.315 e. The quantitative estimate of drug-likeness (QED) is 0.576. The van der Waals surface area contributed by atoms with E-state index in [9.17, 15) is 9.59 Å². The molecule has 1 aliphatic heterocycles. The lowest BCUT2D eigenvalue weighted by atomic mass is 10.2. The zero-order valence-electron chi connectivity index (χ0n) is 9.91. The fourth-order valence-electron chi connectivity index (χ4n) is 1.66. The van der Waals surface area contributed by atoms with Crippen molar-refractivity contribution in [1.82, 2.24) is 10.6 Å². The number of urea groups is 1. The molecule has 2 amide bonds. The summed E-state index contributed by atoms with van der Waals surface area (Å²) in [5.74, 6) is -0.767. The molecular formula is C11H20N2O4. The van der Waals surface area contributed by atoms with E-state index in [0.29, 0.717) is 26.2 Å². The Bertz CT molecular complexity index is 252. The number of carboxylic acids is 1. The van der Waals surface area contributed by atoms with E-state index in [4.69, 9.17) is 9.84 Å². The molecule has 1 rings (SSSR count). The van der Waals surface area contributed by atoms with Crippen molar-refractivity contribution in [1.29, 1.82) is 0 Å². The minimum atomic E-state index is -0.767. The summed E-state index contributed by atoms with van der Waals surface area (Å²) in [6, 6.07) is -0.0410. The summed E-state index contributed by atoms with van der Waals surface area (Å²) in [7, 11) is 0. The molecule has 0 saturated carbocycles. The summed E-state index contributed by atoms with van der Waals surface area (Å²) >= 11 is 0. The maximum atomic E-state index is 11.4. The Morgan fingerprint density at radius 2 is 2.12 bits per heavy atom. The highest BCUT2D eigenvalue weighted by molar-refractivity contribution is 5.74. The van der Waals surface area contributed by atoms with E-state index in [2.05, 4.69) is 10.6 Å². The van der Waals surface area contributed by atoms with Crippen LogP contribution < -0.4 is 10.6 Å². The monoisotopic (exact) mass is 244 g/mol. The first kappa shape index (κ1) is 13.8. The molecule has 0 aliphatic carbocycles. The number of aliphatic carboxylic acids is 1. The van der Waals surface area contributed by atoms with Crippen LogP contribution in [0.1, 0.15) is 32.1 Å². The van der Waals surface area contributed by atoms with Crippen molar-refractivity contribution >= 4 is 12.0 Å². The lowest BCUT2D eigenvalue weighted by Gasteiger charge is -2.11. The lowest BCUT2D eigenvalue weighted by Crippen LogP contribution is -2.42. The molecule has 1 saturated heterocycles. The molecule has 1 aliphatic rings. The van der Waals surface area contributed by atoms with Gasteiger partial charge < -0.3 is 20.5 Å². The van der Waals surface area contributed by atoms with E-state index in [1.807, 2.05) is 0 Å². The van der Waals surface area contributed by atoms with E-state index in [1.165, 1.54) is 0 Å². The molecule has 1 atom stereocenters. The van der Waals surface area contributed by atoms with Crippen LogP contribution in [0, 0.1) is 0 Å². The highest BCUT2D eigenvalue weighted by Crippen LogP contribution is 2.02. The van der Waals surface area contributed by atoms with Gasteiger partial charge in [0.1, 0.15) is 0 Å². The molecule has 6 nitrogen and oxygen atoms in total. The Balaban J connectivity index is 1.91. The Morgan fingerprint density at radius 3 is 2.76 bits per heavy atom. The van der Waals surface area contributed by atoms with Gasteiger partial charge in [0.05, 0.1) is 12.6 Å². The molecule has 17 heavy (non-hydrogen) atoms. The standard InChI is InChI=1S/C11H20N2O4/c14-10(15)4-2-1-3-6-12-11(16)13-9-5-7-17-8-9/h9H,1-8H2,(H,14,15)(H2,12,13,16). The Kier molecular flexibility index (Phi) is 6.39. The highest BCUT2D eigenvalue weighted by atomic mass is 16.5. The number of nitrogens with one attached hydrogen (secondary N) is 2. The molecule has 0 bridgehead atoms. The van der Waals surface area contributed by atoms with Crippen LogP contribution >= 0.6 is 0 Å². The smallest absolute Gasteiger partial charge is 0.315 e. The zero-order valence-corrected chi connectivity index (χ0v) is 9.91. The summed E-state index contributed by atoms with van der Waals surface area (Å²) in [6.45, 7) is 1.88. The molecule has 0 aromatic heterocycles. The normalized spacial score (nSPS) is 18.9. The van der Waals surface area contributed by atoms with Crippen LogP contribution in [0.3, 0.4) is 0 Å². The van der Waals surface area contributed by atoms with Crippen LogP contribution in [0.15, 0.2) is 0 Å². The van der Waals surface area contributed by atoms with Gasteiger partial charge in [0.25, 0.3) is 0 Å². The summed E-state index contributed by atoms with van der Waals surface area (Å²) in [5, 5.41) is 14.0. The molecule has 1 unspecified atom stereocenters. The molecule has 1 heterocycles. The number of amides is 2. The predicted molar refractivity (Wildman–Crippen MR) is 61.9 cm³/mol. The van der Waals surface area contributed by atoms with Crippen molar-refractivity contribution in [2.45, 2.75) is 38.1 Å². The summed E-state index contributed by atoms with van der Waals surface area (Å²) in [4.78, 5) is 21.6. The third kappa shape index (κ3) is 6.78. The van der Waals surface area contributed by atoms with Crippen molar-refractivity contribution in [2.24, 2.45) is 0 Å². The Hall–Kier alpha value is -1.30. The van der Waals surface area contributed by atoms with Crippen molar-refractivity contribution in [3.05, 3.63) is 0 Å². The van der Waals surface area contributed by atoms with E-state index in [1.54, 1.807) is 0 Å². The summed E-state index contributed by atoms with van der Waals surface area (Å²) in [5.41, 5.74) is 0. The summed E-state index contributed by atoms with van der Waals surface area (Å²) in [6.07, 6.45) is 3.35. The average molecular weight is 244 g/mol. The molecule has 98 valence electrons. The van der Waals surface area contributed by atoms with E-state index in [0.717, 1.165) is 19.3 Å². The van der Waals surface area contributed by atoms with Crippen LogP contribution in [-0.2, 0) is 9.53 Å². The number of hydrogen-bond acceptors (Lipinski definition) is 3. The largest absolute Gasteiger partial charge is 0.481 e. The second kappa shape index (κ2) is 7.89. The minimum absolute atomic E-state index is 0.127. The number of hydrogen-bond donors (Lipinski definition) is 3. The highest BCUT2D eigenvalue weighted by Gasteiger charge is 2.16. The van der Waals surface area contributed by atoms with Gasteiger partial charge in [-0.1, -0.05) is 6.42 Å². The molecular weight excluding hydrogens is 224 g/mol. The van der Waals surface area contributed by atoms with Gasteiger partial charge >= 0.3 is 12.0 Å². The molecule has 3 N–H and O–H groups in total. The third-order valence-corrected chi connectivity index (χ3v) is 2.62. The maximum absolute atomic E-state index is 11.4. The topological polar surface area (TPSA) is 87.7 Å². The number of carboxylic acid groups (broad SMARTS) is 1.